The maximum Gasteiger partial charge on any atom is 0.322 e. The van der Waals surface area contributed by atoms with Gasteiger partial charge in [-0.1, -0.05) is 6.07 Å². The van der Waals surface area contributed by atoms with Gasteiger partial charge in [-0.2, -0.15) is 0 Å². The molecule has 0 aliphatic carbocycles. The van der Waals surface area contributed by atoms with Gasteiger partial charge in [-0.25, -0.2) is 9.97 Å². The van der Waals surface area contributed by atoms with Crippen molar-refractivity contribution in [3.63, 3.8) is 0 Å². The van der Waals surface area contributed by atoms with Crippen molar-refractivity contribution in [3.8, 4) is 11.1 Å². The van der Waals surface area contributed by atoms with E-state index in [1.807, 2.05) is 0 Å². The fourth-order valence-electron chi connectivity index (χ4n) is 1.84. The summed E-state index contributed by atoms with van der Waals surface area (Å²) in [7, 11) is 0. The summed E-state index contributed by atoms with van der Waals surface area (Å²) < 4.78 is 0. The number of nitrogens with one attached hydrogen (secondary N) is 2. The molecule has 2 rings (SSSR count). The Morgan fingerprint density at radius 1 is 1.23 bits per heavy atom. The van der Waals surface area contributed by atoms with Crippen LogP contribution in [0.3, 0.4) is 0 Å². The summed E-state index contributed by atoms with van der Waals surface area (Å²) in [6.45, 7) is -0.340. The number of anilines is 1. The summed E-state index contributed by atoms with van der Waals surface area (Å²) in [5.41, 5.74) is 6.68. The van der Waals surface area contributed by atoms with E-state index in [0.29, 0.717) is 16.8 Å². The zero-order valence-corrected chi connectivity index (χ0v) is 11.4. The number of carboxylic acid groups (broad SMARTS) is 1. The average molecular weight is 299 g/mol. The predicted octanol–water partition coefficient (Wildman–Crippen LogP) is 0.493. The molecule has 112 valence electrons. The first-order valence-electron chi connectivity index (χ1n) is 6.23. The van der Waals surface area contributed by atoms with E-state index in [1.54, 1.807) is 30.6 Å². The number of carbonyl (C=O) groups excluding carboxylic acids is 1. The highest BCUT2D eigenvalue weighted by atomic mass is 16.4. The lowest BCUT2D eigenvalue weighted by Crippen LogP contribution is -2.25. The van der Waals surface area contributed by atoms with Crippen LogP contribution in [0.5, 0.6) is 0 Å². The van der Waals surface area contributed by atoms with Crippen molar-refractivity contribution >= 4 is 23.3 Å². The number of nitrogens with zero attached hydrogens (tertiary/aromatic N) is 2. The third kappa shape index (κ3) is 3.42. The Morgan fingerprint density at radius 3 is 2.50 bits per heavy atom. The van der Waals surface area contributed by atoms with Crippen LogP contribution in [-0.4, -0.2) is 39.2 Å². The summed E-state index contributed by atoms with van der Waals surface area (Å²) in [6.07, 6.45) is 4.56. The normalized spacial score (nSPS) is 10.0. The molecule has 0 bridgehead atoms. The monoisotopic (exact) mass is 299 g/mol. The number of rotatable bonds is 6. The highest BCUT2D eigenvalue weighted by Gasteiger charge is 2.15. The maximum atomic E-state index is 11.3. The number of carbonyl (C=O) groups is 2. The average Bonchev–Trinajstić information content (AvgIpc) is 2.52. The summed E-state index contributed by atoms with van der Waals surface area (Å²) >= 11 is 0. The summed E-state index contributed by atoms with van der Waals surface area (Å²) in [5, 5.41) is 19.1. The molecule has 1 amide bonds. The van der Waals surface area contributed by atoms with Crippen LogP contribution in [0.4, 0.5) is 5.69 Å². The van der Waals surface area contributed by atoms with Crippen molar-refractivity contribution in [2.75, 3.05) is 11.9 Å². The van der Waals surface area contributed by atoms with Gasteiger partial charge >= 0.3 is 5.97 Å². The molecule has 8 nitrogen and oxygen atoms in total. The minimum atomic E-state index is -1.06. The lowest BCUT2D eigenvalue weighted by Gasteiger charge is -2.12. The quantitative estimate of drug-likeness (QED) is 0.572. The van der Waals surface area contributed by atoms with Crippen LogP contribution < -0.4 is 11.1 Å². The van der Waals surface area contributed by atoms with E-state index < -0.39 is 17.6 Å². The van der Waals surface area contributed by atoms with Gasteiger partial charge in [0, 0.05) is 29.2 Å². The minimum Gasteiger partial charge on any atom is -0.480 e. The Kier molecular flexibility index (Phi) is 4.42. The summed E-state index contributed by atoms with van der Waals surface area (Å²) in [6, 6.07) is 4.86. The first kappa shape index (κ1) is 15.1. The van der Waals surface area contributed by atoms with Crippen molar-refractivity contribution in [2.45, 2.75) is 0 Å². The molecule has 0 fully saturated rings. The van der Waals surface area contributed by atoms with E-state index in [0.717, 1.165) is 0 Å². The molecule has 0 aliphatic heterocycles. The Morgan fingerprint density at radius 2 is 1.91 bits per heavy atom. The van der Waals surface area contributed by atoms with E-state index >= 15 is 0 Å². The molecule has 1 aromatic carbocycles. The van der Waals surface area contributed by atoms with Gasteiger partial charge in [-0.3, -0.25) is 15.0 Å². The number of hydrogen-bond donors (Lipinski definition) is 4. The van der Waals surface area contributed by atoms with E-state index in [-0.39, 0.29) is 12.1 Å². The van der Waals surface area contributed by atoms with Crippen LogP contribution in [0, 0.1) is 5.41 Å². The topological polar surface area (TPSA) is 142 Å². The molecule has 22 heavy (non-hydrogen) atoms. The maximum absolute atomic E-state index is 11.3. The molecule has 0 saturated heterocycles. The fraction of sp³-hybridized carbons (Fsp3) is 0.0714. The van der Waals surface area contributed by atoms with E-state index in [2.05, 4.69) is 15.3 Å². The van der Waals surface area contributed by atoms with Crippen LogP contribution >= 0.6 is 0 Å². The van der Waals surface area contributed by atoms with Gasteiger partial charge in [0.1, 0.15) is 18.6 Å². The Bertz CT molecular complexity index is 731. The second kappa shape index (κ2) is 6.44. The standard InChI is InChI=1S/C14H13N5O3/c15-13(14(16)22)10-3-8(9-4-17-7-18-5-9)1-2-11(10)19-6-12(20)21/h1-5,7,15,19H,6H2,(H2,16,22)(H,20,21). The SMILES string of the molecule is N=C(C(N)=O)c1cc(-c2cncnc2)ccc1NCC(=O)O. The van der Waals surface area contributed by atoms with Gasteiger partial charge in [-0.05, 0) is 17.7 Å². The predicted molar refractivity (Wildman–Crippen MR) is 79.6 cm³/mol. The van der Waals surface area contributed by atoms with Crippen molar-refractivity contribution in [2.24, 2.45) is 5.73 Å². The molecule has 0 aliphatic rings. The second-order valence-electron chi connectivity index (χ2n) is 4.37. The lowest BCUT2D eigenvalue weighted by atomic mass is 10.0. The van der Waals surface area contributed by atoms with Gasteiger partial charge < -0.3 is 16.2 Å². The van der Waals surface area contributed by atoms with Crippen LogP contribution in [0.1, 0.15) is 5.56 Å². The van der Waals surface area contributed by atoms with Crippen LogP contribution in [0.15, 0.2) is 36.9 Å². The van der Waals surface area contributed by atoms with E-state index in [1.165, 1.54) is 6.33 Å². The van der Waals surface area contributed by atoms with Gasteiger partial charge in [-0.15, -0.1) is 0 Å². The first-order valence-corrected chi connectivity index (χ1v) is 6.23. The van der Waals surface area contributed by atoms with Crippen molar-refractivity contribution in [1.82, 2.24) is 9.97 Å². The zero-order chi connectivity index (χ0) is 16.1. The van der Waals surface area contributed by atoms with Crippen molar-refractivity contribution in [3.05, 3.63) is 42.5 Å². The highest BCUT2D eigenvalue weighted by molar-refractivity contribution is 6.44. The molecule has 1 aromatic heterocycles. The third-order valence-corrected chi connectivity index (χ3v) is 2.86. The van der Waals surface area contributed by atoms with Gasteiger partial charge in [0.05, 0.1) is 0 Å². The molecule has 2 aromatic rings. The van der Waals surface area contributed by atoms with Gasteiger partial charge in [0.25, 0.3) is 5.91 Å². The fourth-order valence-corrected chi connectivity index (χ4v) is 1.84. The van der Waals surface area contributed by atoms with Gasteiger partial charge in [0.15, 0.2) is 0 Å². The second-order valence-corrected chi connectivity index (χ2v) is 4.37. The highest BCUT2D eigenvalue weighted by Crippen LogP contribution is 2.24. The molecule has 0 atom stereocenters. The Balaban J connectivity index is 2.45. The first-order chi connectivity index (χ1) is 10.5. The van der Waals surface area contributed by atoms with E-state index in [4.69, 9.17) is 16.2 Å². The molecule has 1 heterocycles. The molecule has 8 heteroatoms. The number of amides is 1. The van der Waals surface area contributed by atoms with Crippen LogP contribution in [0.25, 0.3) is 11.1 Å². The number of aromatic nitrogens is 2. The van der Waals surface area contributed by atoms with Crippen LogP contribution in [0.2, 0.25) is 0 Å². The molecule has 0 spiro atoms. The van der Waals surface area contributed by atoms with Crippen molar-refractivity contribution in [1.29, 1.82) is 5.41 Å². The molecule has 0 saturated carbocycles. The number of primary amides is 1. The van der Waals surface area contributed by atoms with Crippen LogP contribution in [-0.2, 0) is 9.59 Å². The molecule has 5 N–H and O–H groups in total. The Hall–Kier alpha value is -3.29. The molecular formula is C14H13N5O3. The van der Waals surface area contributed by atoms with Crippen molar-refractivity contribution < 1.29 is 14.7 Å². The molecule has 0 unspecified atom stereocenters. The number of hydrogen-bond acceptors (Lipinski definition) is 6. The summed E-state index contributed by atoms with van der Waals surface area (Å²) in [4.78, 5) is 29.7. The van der Waals surface area contributed by atoms with E-state index in [9.17, 15) is 9.59 Å². The molecular weight excluding hydrogens is 286 g/mol. The molecule has 0 radical (unpaired) electrons. The number of carboxylic acids is 1. The Labute approximate surface area is 125 Å². The minimum absolute atomic E-state index is 0.218. The summed E-state index contributed by atoms with van der Waals surface area (Å²) in [5.74, 6) is -1.96. The number of benzene rings is 1. The smallest absolute Gasteiger partial charge is 0.322 e. The number of aliphatic carboxylic acids is 1. The van der Waals surface area contributed by atoms with Gasteiger partial charge in [0.2, 0.25) is 0 Å². The largest absolute Gasteiger partial charge is 0.480 e. The lowest BCUT2D eigenvalue weighted by molar-refractivity contribution is -0.134. The third-order valence-electron chi connectivity index (χ3n) is 2.86. The zero-order valence-electron chi connectivity index (χ0n) is 11.4. The number of nitrogens with two attached hydrogens (primary N) is 1.